The molecule has 1 atom stereocenters. The van der Waals surface area contributed by atoms with E-state index in [0.717, 1.165) is 0 Å². The van der Waals surface area contributed by atoms with Crippen molar-refractivity contribution >= 4 is 10.0 Å². The zero-order chi connectivity index (χ0) is 12.6. The molecule has 0 aliphatic rings. The van der Waals surface area contributed by atoms with Gasteiger partial charge in [0.15, 0.2) is 0 Å². The van der Waals surface area contributed by atoms with Gasteiger partial charge >= 0.3 is 0 Å². The molecule has 0 spiro atoms. The van der Waals surface area contributed by atoms with Gasteiger partial charge in [-0.1, -0.05) is 27.7 Å². The van der Waals surface area contributed by atoms with Gasteiger partial charge in [-0.2, -0.15) is 0 Å². The highest BCUT2D eigenvalue weighted by atomic mass is 32.2. The molecule has 0 bridgehead atoms. The fourth-order valence-corrected chi connectivity index (χ4v) is 1.50. The minimum Gasteiger partial charge on any atom is -0.262 e. The van der Waals surface area contributed by atoms with Gasteiger partial charge in [0, 0.05) is 6.42 Å². The Kier molecular flexibility index (Phi) is 3.39. The third-order valence-electron chi connectivity index (χ3n) is 2.74. The maximum absolute atomic E-state index is 11.0. The van der Waals surface area contributed by atoms with E-state index in [1.54, 1.807) is 0 Å². The lowest BCUT2D eigenvalue weighted by Gasteiger charge is -2.26. The average molecular weight is 246 g/mol. The molecule has 0 aliphatic heterocycles. The summed E-state index contributed by atoms with van der Waals surface area (Å²) in [5.41, 5.74) is 0.133. The molecule has 0 saturated heterocycles. The first-order valence-corrected chi connectivity index (χ1v) is 6.59. The van der Waals surface area contributed by atoms with Gasteiger partial charge in [0.25, 0.3) is 15.2 Å². The predicted octanol–water partition coefficient (Wildman–Crippen LogP) is 0.677. The number of nitrogens with zero attached hydrogens (tertiary/aromatic N) is 2. The molecule has 7 heteroatoms. The van der Waals surface area contributed by atoms with Crippen molar-refractivity contribution in [1.29, 1.82) is 0 Å². The average Bonchev–Trinajstić information content (AvgIpc) is 2.49. The number of hydrogen-bond donors (Lipinski definition) is 2. The van der Waals surface area contributed by atoms with Gasteiger partial charge in [-0.3, -0.25) is 5.10 Å². The summed E-state index contributed by atoms with van der Waals surface area (Å²) in [6.07, 6.45) is 0.645. The fraction of sp³-hybridized carbons (Fsp3) is 0.778. The van der Waals surface area contributed by atoms with E-state index in [1.807, 2.05) is 0 Å². The van der Waals surface area contributed by atoms with Crippen LogP contribution in [0.3, 0.4) is 0 Å². The van der Waals surface area contributed by atoms with Crippen molar-refractivity contribution in [3.8, 4) is 0 Å². The number of rotatable bonds is 3. The van der Waals surface area contributed by atoms with Gasteiger partial charge in [-0.15, -0.1) is 5.10 Å². The molecule has 1 unspecified atom stereocenters. The number of aromatic amines is 1. The van der Waals surface area contributed by atoms with Crippen LogP contribution in [0.15, 0.2) is 5.16 Å². The van der Waals surface area contributed by atoms with Gasteiger partial charge in [-0.25, -0.2) is 18.5 Å². The zero-order valence-corrected chi connectivity index (χ0v) is 10.8. The van der Waals surface area contributed by atoms with Crippen LogP contribution in [0.25, 0.3) is 0 Å². The molecule has 16 heavy (non-hydrogen) atoms. The quantitative estimate of drug-likeness (QED) is 0.818. The fourth-order valence-electron chi connectivity index (χ4n) is 1.09. The first kappa shape index (κ1) is 13.1. The van der Waals surface area contributed by atoms with Gasteiger partial charge in [0.1, 0.15) is 5.82 Å². The third kappa shape index (κ3) is 3.28. The smallest absolute Gasteiger partial charge is 0.262 e. The van der Waals surface area contributed by atoms with E-state index in [4.69, 9.17) is 5.14 Å². The van der Waals surface area contributed by atoms with E-state index in [9.17, 15) is 8.42 Å². The van der Waals surface area contributed by atoms with Gasteiger partial charge in [0.05, 0.1) is 0 Å². The van der Waals surface area contributed by atoms with Crippen molar-refractivity contribution < 1.29 is 8.42 Å². The maximum atomic E-state index is 11.0. The van der Waals surface area contributed by atoms with Gasteiger partial charge < -0.3 is 0 Å². The molecule has 1 aromatic heterocycles. The van der Waals surface area contributed by atoms with E-state index in [-0.39, 0.29) is 10.6 Å². The second kappa shape index (κ2) is 4.14. The van der Waals surface area contributed by atoms with Crippen molar-refractivity contribution in [1.82, 2.24) is 15.2 Å². The van der Waals surface area contributed by atoms with Gasteiger partial charge in [-0.05, 0) is 11.3 Å². The van der Waals surface area contributed by atoms with Crippen LogP contribution in [0.5, 0.6) is 0 Å². The Balaban J connectivity index is 2.82. The van der Waals surface area contributed by atoms with E-state index >= 15 is 0 Å². The van der Waals surface area contributed by atoms with Crippen molar-refractivity contribution in [3.05, 3.63) is 5.82 Å². The molecule has 0 aliphatic carbocycles. The number of hydrogen-bond acceptors (Lipinski definition) is 4. The van der Waals surface area contributed by atoms with Crippen molar-refractivity contribution in [2.45, 2.75) is 39.3 Å². The largest absolute Gasteiger partial charge is 0.282 e. The second-order valence-electron chi connectivity index (χ2n) is 5.08. The number of nitrogens with one attached hydrogen (secondary N) is 1. The molecule has 1 heterocycles. The summed E-state index contributed by atoms with van der Waals surface area (Å²) >= 11 is 0. The molecule has 0 amide bonds. The highest BCUT2D eigenvalue weighted by molar-refractivity contribution is 7.89. The van der Waals surface area contributed by atoms with E-state index in [1.165, 1.54) is 0 Å². The van der Waals surface area contributed by atoms with Crippen molar-refractivity contribution in [2.75, 3.05) is 0 Å². The van der Waals surface area contributed by atoms with Crippen LogP contribution in [0, 0.1) is 11.3 Å². The van der Waals surface area contributed by atoms with E-state index < -0.39 is 10.0 Å². The number of aromatic nitrogens is 3. The predicted molar refractivity (Wildman–Crippen MR) is 60.1 cm³/mol. The zero-order valence-electron chi connectivity index (χ0n) is 9.98. The number of H-pyrrole nitrogens is 1. The van der Waals surface area contributed by atoms with Crippen LogP contribution in [-0.4, -0.2) is 23.6 Å². The Labute approximate surface area is 95.7 Å². The molecular formula is C9H18N4O2S. The lowest BCUT2D eigenvalue weighted by atomic mass is 9.80. The molecule has 1 aromatic rings. The first-order chi connectivity index (χ1) is 7.10. The topological polar surface area (TPSA) is 102 Å². The maximum Gasteiger partial charge on any atom is 0.282 e. The Morgan fingerprint density at radius 3 is 2.38 bits per heavy atom. The molecular weight excluding hydrogens is 228 g/mol. The standard InChI is InChI=1S/C9H18N4O2S/c1-6(9(2,3)4)5-7-11-8(13-12-7)16(10,14)15/h6H,5H2,1-4H3,(H2,10,14,15)(H,11,12,13). The summed E-state index contributed by atoms with van der Waals surface area (Å²) in [6.45, 7) is 8.44. The Hall–Kier alpha value is -0.950. The minimum absolute atomic E-state index is 0.133. The van der Waals surface area contributed by atoms with Crippen LogP contribution < -0.4 is 5.14 Å². The molecule has 3 N–H and O–H groups in total. The Morgan fingerprint density at radius 1 is 1.44 bits per heavy atom. The van der Waals surface area contributed by atoms with E-state index in [2.05, 4.69) is 42.9 Å². The third-order valence-corrected chi connectivity index (χ3v) is 3.44. The molecule has 0 saturated carbocycles. The molecule has 6 nitrogen and oxygen atoms in total. The molecule has 0 radical (unpaired) electrons. The van der Waals surface area contributed by atoms with Gasteiger partial charge in [0.2, 0.25) is 0 Å². The number of primary sulfonamides is 1. The normalized spacial score (nSPS) is 15.1. The Morgan fingerprint density at radius 2 is 2.00 bits per heavy atom. The van der Waals surface area contributed by atoms with Crippen LogP contribution in [0.2, 0.25) is 0 Å². The van der Waals surface area contributed by atoms with Crippen molar-refractivity contribution in [3.63, 3.8) is 0 Å². The van der Waals surface area contributed by atoms with Crippen LogP contribution in [0.1, 0.15) is 33.5 Å². The molecule has 1 rings (SSSR count). The van der Waals surface area contributed by atoms with Crippen LogP contribution in [0.4, 0.5) is 0 Å². The summed E-state index contributed by atoms with van der Waals surface area (Å²) in [5.74, 6) is 0.903. The lowest BCUT2D eigenvalue weighted by molar-refractivity contribution is 0.257. The monoisotopic (exact) mass is 246 g/mol. The van der Waals surface area contributed by atoms with Crippen LogP contribution in [-0.2, 0) is 16.4 Å². The van der Waals surface area contributed by atoms with Crippen LogP contribution >= 0.6 is 0 Å². The summed E-state index contributed by atoms with van der Waals surface area (Å²) in [6, 6.07) is 0. The molecule has 0 aromatic carbocycles. The highest BCUT2D eigenvalue weighted by Crippen LogP contribution is 2.27. The first-order valence-electron chi connectivity index (χ1n) is 5.05. The summed E-state index contributed by atoms with van der Waals surface area (Å²) < 4.78 is 21.9. The molecule has 92 valence electrons. The van der Waals surface area contributed by atoms with E-state index in [0.29, 0.717) is 18.2 Å². The van der Waals surface area contributed by atoms with Crippen molar-refractivity contribution in [2.24, 2.45) is 16.5 Å². The summed E-state index contributed by atoms with van der Waals surface area (Å²) in [4.78, 5) is 3.86. The Bertz CT molecular complexity index is 458. The lowest BCUT2D eigenvalue weighted by Crippen LogP contribution is -2.20. The highest BCUT2D eigenvalue weighted by Gasteiger charge is 2.22. The molecule has 0 fully saturated rings. The number of nitrogens with two attached hydrogens (primary N) is 1. The second-order valence-corrected chi connectivity index (χ2v) is 6.54. The minimum atomic E-state index is -3.81. The number of sulfonamides is 1. The summed E-state index contributed by atoms with van der Waals surface area (Å²) in [7, 11) is -3.81. The summed E-state index contributed by atoms with van der Waals surface area (Å²) in [5, 5.41) is 10.7. The SMILES string of the molecule is CC(Cc1nc(S(N)(=O)=O)n[nH]1)C(C)(C)C.